The molecule has 96 valence electrons. The van der Waals surface area contributed by atoms with Gasteiger partial charge in [0.1, 0.15) is 11.0 Å². The highest BCUT2D eigenvalue weighted by Crippen LogP contribution is 2.12. The van der Waals surface area contributed by atoms with Gasteiger partial charge in [-0.15, -0.1) is 11.6 Å². The van der Waals surface area contributed by atoms with Crippen LogP contribution in [0, 0.1) is 0 Å². The summed E-state index contributed by atoms with van der Waals surface area (Å²) >= 11 is 5.20. The summed E-state index contributed by atoms with van der Waals surface area (Å²) in [5.74, 6) is 0.801. The Hall–Kier alpha value is -0.780. The summed E-state index contributed by atoms with van der Waals surface area (Å²) in [5.41, 5.74) is 1.11. The summed E-state index contributed by atoms with van der Waals surface area (Å²) in [7, 11) is -1.93. The normalized spacial score (nSPS) is 11.4. The van der Waals surface area contributed by atoms with E-state index in [9.17, 15) is 8.42 Å². The summed E-state index contributed by atoms with van der Waals surface area (Å²) < 4.78 is 31.5. The van der Waals surface area contributed by atoms with Gasteiger partial charge in [0.15, 0.2) is 0 Å². The molecule has 4 nitrogen and oxygen atoms in total. The van der Waals surface area contributed by atoms with Crippen molar-refractivity contribution in [2.45, 2.75) is 12.8 Å². The van der Waals surface area contributed by atoms with Gasteiger partial charge in [0.2, 0.25) is 0 Å². The maximum atomic E-state index is 10.9. The van der Waals surface area contributed by atoms with E-state index >= 15 is 0 Å². The Kier molecular flexibility index (Phi) is 5.74. The van der Waals surface area contributed by atoms with Crippen LogP contribution in [0.15, 0.2) is 24.3 Å². The molecule has 0 aromatic heterocycles. The number of ether oxygens (including phenoxy) is 1. The lowest BCUT2D eigenvalue weighted by molar-refractivity contribution is 0.315. The van der Waals surface area contributed by atoms with Gasteiger partial charge in [0.25, 0.3) is 10.1 Å². The third-order valence-corrected chi connectivity index (χ3v) is 3.76. The van der Waals surface area contributed by atoms with E-state index in [0.717, 1.165) is 17.7 Å². The quantitative estimate of drug-likeness (QED) is 0.436. The van der Waals surface area contributed by atoms with Gasteiger partial charge in [-0.25, -0.2) is 0 Å². The van der Waals surface area contributed by atoms with Gasteiger partial charge >= 0.3 is 0 Å². The molecule has 17 heavy (non-hydrogen) atoms. The SMILES string of the molecule is COc1ccc(CCCOS(=O)(=O)CCl)cc1. The first-order valence-corrected chi connectivity index (χ1v) is 7.24. The maximum absolute atomic E-state index is 10.9. The Morgan fingerprint density at radius 1 is 1.24 bits per heavy atom. The third kappa shape index (κ3) is 5.39. The molecule has 1 aromatic carbocycles. The van der Waals surface area contributed by atoms with Crippen molar-refractivity contribution in [2.24, 2.45) is 0 Å². The van der Waals surface area contributed by atoms with Gasteiger partial charge < -0.3 is 4.74 Å². The highest BCUT2D eigenvalue weighted by Gasteiger charge is 2.07. The molecular weight excluding hydrogens is 264 g/mol. The number of benzene rings is 1. The van der Waals surface area contributed by atoms with E-state index in [1.165, 1.54) is 0 Å². The number of halogens is 1. The van der Waals surface area contributed by atoms with Crippen molar-refractivity contribution in [3.63, 3.8) is 0 Å². The van der Waals surface area contributed by atoms with Crippen molar-refractivity contribution in [3.05, 3.63) is 29.8 Å². The fourth-order valence-corrected chi connectivity index (χ4v) is 1.91. The summed E-state index contributed by atoms with van der Waals surface area (Å²) in [5, 5.41) is -0.504. The van der Waals surface area contributed by atoms with Crippen LogP contribution in [0.4, 0.5) is 0 Å². The molecular formula is C11H15ClO4S. The zero-order valence-corrected chi connectivity index (χ0v) is 11.1. The summed E-state index contributed by atoms with van der Waals surface area (Å²) in [6.07, 6.45) is 1.38. The molecule has 0 saturated carbocycles. The zero-order valence-electron chi connectivity index (χ0n) is 9.56. The predicted octanol–water partition coefficient (Wildman–Crippen LogP) is 2.17. The van der Waals surface area contributed by atoms with Crippen LogP contribution < -0.4 is 4.74 Å². The summed E-state index contributed by atoms with van der Waals surface area (Å²) in [4.78, 5) is 0. The van der Waals surface area contributed by atoms with E-state index in [1.807, 2.05) is 24.3 Å². The Morgan fingerprint density at radius 3 is 2.41 bits per heavy atom. The van der Waals surface area contributed by atoms with Crippen molar-refractivity contribution in [3.8, 4) is 5.75 Å². The number of rotatable bonds is 7. The molecule has 0 bridgehead atoms. The molecule has 0 spiro atoms. The first-order valence-electron chi connectivity index (χ1n) is 5.13. The first kappa shape index (κ1) is 14.3. The lowest BCUT2D eigenvalue weighted by Crippen LogP contribution is -2.08. The van der Waals surface area contributed by atoms with Crippen LogP contribution in [0.5, 0.6) is 5.75 Å². The van der Waals surface area contributed by atoms with Gasteiger partial charge in [-0.1, -0.05) is 12.1 Å². The summed E-state index contributed by atoms with van der Waals surface area (Å²) in [6.45, 7) is 0.154. The molecule has 0 heterocycles. The van der Waals surface area contributed by atoms with E-state index in [-0.39, 0.29) is 6.61 Å². The van der Waals surface area contributed by atoms with Gasteiger partial charge in [-0.05, 0) is 30.5 Å². The number of methoxy groups -OCH3 is 1. The van der Waals surface area contributed by atoms with Gasteiger partial charge in [0.05, 0.1) is 13.7 Å². The van der Waals surface area contributed by atoms with Crippen molar-refractivity contribution in [2.75, 3.05) is 18.9 Å². The molecule has 0 fully saturated rings. The van der Waals surface area contributed by atoms with Gasteiger partial charge in [-0.3, -0.25) is 4.18 Å². The van der Waals surface area contributed by atoms with E-state index in [2.05, 4.69) is 4.18 Å². The van der Waals surface area contributed by atoms with Crippen LogP contribution in [0.2, 0.25) is 0 Å². The predicted molar refractivity (Wildman–Crippen MR) is 66.9 cm³/mol. The molecule has 0 atom stereocenters. The van der Waals surface area contributed by atoms with E-state index in [4.69, 9.17) is 16.3 Å². The minimum absolute atomic E-state index is 0.154. The Morgan fingerprint density at radius 2 is 1.88 bits per heavy atom. The number of hydrogen-bond donors (Lipinski definition) is 0. The van der Waals surface area contributed by atoms with Crippen LogP contribution >= 0.6 is 11.6 Å². The minimum atomic E-state index is -3.54. The second-order valence-electron chi connectivity index (χ2n) is 3.44. The lowest BCUT2D eigenvalue weighted by Gasteiger charge is -2.04. The lowest BCUT2D eigenvalue weighted by atomic mass is 10.1. The number of hydrogen-bond acceptors (Lipinski definition) is 4. The maximum Gasteiger partial charge on any atom is 0.281 e. The Bertz CT molecular complexity index is 427. The van der Waals surface area contributed by atoms with Crippen LogP contribution in [-0.2, 0) is 20.7 Å². The van der Waals surface area contributed by atoms with E-state index < -0.39 is 15.3 Å². The second kappa shape index (κ2) is 6.83. The smallest absolute Gasteiger partial charge is 0.281 e. The largest absolute Gasteiger partial charge is 0.497 e. The molecule has 6 heteroatoms. The molecule has 1 aromatic rings. The number of alkyl halides is 1. The molecule has 0 aliphatic heterocycles. The molecule has 0 radical (unpaired) electrons. The summed E-state index contributed by atoms with van der Waals surface area (Å²) in [6, 6.07) is 7.61. The topological polar surface area (TPSA) is 52.6 Å². The van der Waals surface area contributed by atoms with E-state index in [0.29, 0.717) is 6.42 Å². The van der Waals surface area contributed by atoms with Crippen LogP contribution in [0.25, 0.3) is 0 Å². The highest BCUT2D eigenvalue weighted by molar-refractivity contribution is 7.87. The first-order chi connectivity index (χ1) is 8.07. The second-order valence-corrected chi connectivity index (χ2v) is 5.66. The van der Waals surface area contributed by atoms with Crippen molar-refractivity contribution in [1.82, 2.24) is 0 Å². The molecule has 1 rings (SSSR count). The average molecular weight is 279 g/mol. The van der Waals surface area contributed by atoms with Gasteiger partial charge in [-0.2, -0.15) is 8.42 Å². The minimum Gasteiger partial charge on any atom is -0.497 e. The Labute approximate surface area is 107 Å². The van der Waals surface area contributed by atoms with Gasteiger partial charge in [0, 0.05) is 0 Å². The fraction of sp³-hybridized carbons (Fsp3) is 0.455. The van der Waals surface area contributed by atoms with Crippen molar-refractivity contribution in [1.29, 1.82) is 0 Å². The van der Waals surface area contributed by atoms with Crippen LogP contribution in [0.3, 0.4) is 0 Å². The van der Waals surface area contributed by atoms with Crippen LogP contribution in [0.1, 0.15) is 12.0 Å². The zero-order chi connectivity index (χ0) is 12.7. The molecule has 0 saturated heterocycles. The highest BCUT2D eigenvalue weighted by atomic mass is 35.5. The average Bonchev–Trinajstić information content (AvgIpc) is 2.35. The number of aryl methyl sites for hydroxylation is 1. The van der Waals surface area contributed by atoms with Crippen molar-refractivity contribution >= 4 is 21.7 Å². The monoisotopic (exact) mass is 278 g/mol. The molecule has 0 aliphatic rings. The molecule has 0 aliphatic carbocycles. The van der Waals surface area contributed by atoms with Crippen molar-refractivity contribution < 1.29 is 17.3 Å². The Balaban J connectivity index is 2.31. The van der Waals surface area contributed by atoms with Crippen LogP contribution in [-0.4, -0.2) is 27.3 Å². The molecule has 0 N–H and O–H groups in total. The molecule has 0 amide bonds. The molecule has 0 unspecified atom stereocenters. The standard InChI is InChI=1S/C11H15ClO4S/c1-15-11-6-4-10(5-7-11)3-2-8-16-17(13,14)9-12/h4-7H,2-3,8-9H2,1H3. The third-order valence-electron chi connectivity index (χ3n) is 2.17. The fourth-order valence-electron chi connectivity index (χ4n) is 1.29. The van der Waals surface area contributed by atoms with E-state index in [1.54, 1.807) is 7.11 Å².